The van der Waals surface area contributed by atoms with Gasteiger partial charge in [-0.05, 0) is 92.7 Å². The van der Waals surface area contributed by atoms with E-state index in [0.717, 1.165) is 20.0 Å². The van der Waals surface area contributed by atoms with E-state index in [1.165, 1.54) is 0 Å². The molecule has 1 N–H and O–H groups in total. The number of alkyl halides is 2. The maximum absolute atomic E-state index is 14.1. The normalized spacial score (nSPS) is 16.9. The lowest BCUT2D eigenvalue weighted by atomic mass is 9.95. The largest absolute Gasteiger partial charge is 0.477 e. The van der Waals surface area contributed by atoms with E-state index in [0.29, 0.717) is 16.4 Å². The average molecular weight is 676 g/mol. The zero-order chi connectivity index (χ0) is 18.1. The van der Waals surface area contributed by atoms with E-state index in [-0.39, 0.29) is 5.56 Å². The summed E-state index contributed by atoms with van der Waals surface area (Å²) in [7, 11) is 0. The molecule has 0 bridgehead atoms. The van der Waals surface area contributed by atoms with Crippen molar-refractivity contribution in [1.29, 1.82) is 0 Å². The van der Waals surface area contributed by atoms with E-state index < -0.39 is 29.9 Å². The molecule has 4 nitrogen and oxygen atoms in total. The number of hydrogen-bond donors (Lipinski definition) is 1. The topological polar surface area (TPSA) is 63.6 Å². The molecule has 0 aliphatic heterocycles. The number of esters is 1. The first-order chi connectivity index (χ1) is 11.1. The van der Waals surface area contributed by atoms with Crippen molar-refractivity contribution in [1.82, 2.24) is 0 Å². The maximum Gasteiger partial charge on any atom is 0.378 e. The third-order valence-electron chi connectivity index (χ3n) is 3.92. The Balaban J connectivity index is 2.33. The van der Waals surface area contributed by atoms with Crippen LogP contribution in [-0.2, 0) is 9.53 Å². The summed E-state index contributed by atoms with van der Waals surface area (Å²) in [5.74, 6) is -7.92. The van der Waals surface area contributed by atoms with Crippen LogP contribution in [0.5, 0.6) is 0 Å². The highest BCUT2D eigenvalue weighted by Gasteiger charge is 2.54. The summed E-state index contributed by atoms with van der Waals surface area (Å²) in [5, 5.41) is 8.85. The first kappa shape index (κ1) is 20.5. The minimum Gasteiger partial charge on any atom is -0.477 e. The second kappa shape index (κ2) is 8.27. The van der Waals surface area contributed by atoms with Crippen molar-refractivity contribution >= 4 is 79.7 Å². The van der Waals surface area contributed by atoms with Gasteiger partial charge in [0.05, 0.1) is 5.56 Å². The van der Waals surface area contributed by atoms with Gasteiger partial charge in [0, 0.05) is 16.6 Å². The van der Waals surface area contributed by atoms with Gasteiger partial charge in [-0.25, -0.2) is 9.59 Å². The van der Waals surface area contributed by atoms with Crippen LogP contribution in [-0.4, -0.2) is 29.1 Å². The summed E-state index contributed by atoms with van der Waals surface area (Å²) in [6.45, 7) is 0. The number of aliphatic carboxylic acids is 1. The lowest BCUT2D eigenvalue weighted by Crippen LogP contribution is -2.48. The molecule has 0 amide bonds. The van der Waals surface area contributed by atoms with Gasteiger partial charge in [0.1, 0.15) is 0 Å². The summed E-state index contributed by atoms with van der Waals surface area (Å²) in [4.78, 5) is 23.4. The van der Waals surface area contributed by atoms with Gasteiger partial charge in [0.15, 0.2) is 6.10 Å². The lowest BCUT2D eigenvalue weighted by Gasteiger charge is -2.28. The molecule has 24 heavy (non-hydrogen) atoms. The second-order valence-electron chi connectivity index (χ2n) is 5.55. The molecular weight excluding hydrogens is 663 g/mol. The summed E-state index contributed by atoms with van der Waals surface area (Å²) in [6.07, 6.45) is 0.375. The summed E-state index contributed by atoms with van der Waals surface area (Å²) >= 11 is 6.02. The van der Waals surface area contributed by atoms with Crippen LogP contribution in [0.25, 0.3) is 0 Å². The number of ether oxygens (including phenoxy) is 1. The Morgan fingerprint density at radius 2 is 1.79 bits per heavy atom. The van der Waals surface area contributed by atoms with Crippen molar-refractivity contribution in [3.05, 3.63) is 28.4 Å². The number of rotatable bonds is 5. The molecule has 1 saturated carbocycles. The van der Waals surface area contributed by atoms with E-state index in [1.807, 2.05) is 73.8 Å². The van der Waals surface area contributed by atoms with Crippen LogP contribution in [0, 0.1) is 16.6 Å². The first-order valence-electron chi connectivity index (χ1n) is 7.11. The minimum atomic E-state index is -4.11. The molecule has 1 aromatic rings. The molecule has 1 atom stereocenters. The SMILES string of the molecule is O=C(OC(C1CCCC1)C(F)(F)C(=O)O)c1cc(I)cc(I)c1I. The molecule has 0 radical (unpaired) electrons. The fourth-order valence-electron chi connectivity index (χ4n) is 2.73. The predicted molar refractivity (Wildman–Crippen MR) is 108 cm³/mol. The van der Waals surface area contributed by atoms with E-state index >= 15 is 0 Å². The molecule has 0 heterocycles. The monoisotopic (exact) mass is 676 g/mol. The smallest absolute Gasteiger partial charge is 0.378 e. The average Bonchev–Trinajstić information content (AvgIpc) is 3.01. The molecule has 1 fully saturated rings. The number of hydrogen-bond acceptors (Lipinski definition) is 3. The van der Waals surface area contributed by atoms with Gasteiger partial charge in [-0.1, -0.05) is 12.8 Å². The molecule has 1 unspecified atom stereocenters. The van der Waals surface area contributed by atoms with Crippen LogP contribution in [0.15, 0.2) is 12.1 Å². The van der Waals surface area contributed by atoms with Crippen molar-refractivity contribution in [3.63, 3.8) is 0 Å². The van der Waals surface area contributed by atoms with Crippen molar-refractivity contribution in [2.75, 3.05) is 0 Å². The van der Waals surface area contributed by atoms with Crippen LogP contribution < -0.4 is 0 Å². The summed E-state index contributed by atoms with van der Waals surface area (Å²) < 4.78 is 35.5. The highest BCUT2D eigenvalue weighted by atomic mass is 127. The fraction of sp³-hybridized carbons (Fsp3) is 0.467. The van der Waals surface area contributed by atoms with Crippen LogP contribution in [0.4, 0.5) is 8.78 Å². The third-order valence-corrected chi connectivity index (χ3v) is 7.59. The van der Waals surface area contributed by atoms with Gasteiger partial charge in [0.2, 0.25) is 0 Å². The van der Waals surface area contributed by atoms with Crippen molar-refractivity contribution < 1.29 is 28.2 Å². The second-order valence-corrected chi connectivity index (χ2v) is 9.03. The predicted octanol–water partition coefficient (Wildman–Crippen LogP) is 4.94. The number of carboxylic acid groups (broad SMARTS) is 1. The van der Waals surface area contributed by atoms with Crippen molar-refractivity contribution in [3.8, 4) is 0 Å². The molecule has 0 aromatic heterocycles. The molecule has 1 aliphatic carbocycles. The molecule has 1 aromatic carbocycles. The van der Waals surface area contributed by atoms with Gasteiger partial charge >= 0.3 is 17.9 Å². The number of halogens is 5. The summed E-state index contributed by atoms with van der Waals surface area (Å²) in [5.41, 5.74) is 0.177. The van der Waals surface area contributed by atoms with Gasteiger partial charge in [-0.15, -0.1) is 0 Å². The van der Waals surface area contributed by atoms with Crippen LogP contribution in [0.1, 0.15) is 36.0 Å². The molecule has 9 heteroatoms. The zero-order valence-electron chi connectivity index (χ0n) is 12.2. The van der Waals surface area contributed by atoms with Gasteiger partial charge < -0.3 is 9.84 Å². The Kier molecular flexibility index (Phi) is 7.07. The van der Waals surface area contributed by atoms with Crippen LogP contribution in [0.3, 0.4) is 0 Å². The van der Waals surface area contributed by atoms with E-state index in [9.17, 15) is 18.4 Å². The number of carbonyl (C=O) groups is 2. The standard InChI is InChI=1S/C15H13F2I3O4/c16-15(17,14(22)23)12(7-3-1-2-4-7)24-13(21)9-5-8(18)6-10(19)11(9)20/h5-7,12H,1-4H2,(H,22,23). The Bertz CT molecular complexity index is 660. The molecule has 2 rings (SSSR count). The number of carbonyl (C=O) groups excluding carboxylic acids is 1. The Hall–Kier alpha value is 0.210. The van der Waals surface area contributed by atoms with Crippen molar-refractivity contribution in [2.24, 2.45) is 5.92 Å². The van der Waals surface area contributed by atoms with Crippen LogP contribution >= 0.6 is 67.8 Å². The third kappa shape index (κ3) is 4.48. The Morgan fingerprint density at radius 3 is 2.33 bits per heavy atom. The molecule has 0 spiro atoms. The lowest BCUT2D eigenvalue weighted by molar-refractivity contribution is -0.188. The van der Waals surface area contributed by atoms with E-state index in [2.05, 4.69) is 0 Å². The number of carboxylic acids is 1. The van der Waals surface area contributed by atoms with E-state index in [4.69, 9.17) is 9.84 Å². The first-order valence-corrected chi connectivity index (χ1v) is 10.3. The Morgan fingerprint density at radius 1 is 1.21 bits per heavy atom. The molecule has 1 aliphatic rings. The van der Waals surface area contributed by atoms with Crippen LogP contribution in [0.2, 0.25) is 0 Å². The highest BCUT2D eigenvalue weighted by molar-refractivity contribution is 14.1. The highest BCUT2D eigenvalue weighted by Crippen LogP contribution is 2.38. The fourth-order valence-corrected chi connectivity index (χ4v) is 5.11. The van der Waals surface area contributed by atoms with E-state index in [1.54, 1.807) is 6.07 Å². The van der Waals surface area contributed by atoms with Crippen molar-refractivity contribution in [2.45, 2.75) is 37.7 Å². The van der Waals surface area contributed by atoms with Gasteiger partial charge in [0.25, 0.3) is 0 Å². The molecular formula is C15H13F2I3O4. The van der Waals surface area contributed by atoms with Gasteiger partial charge in [-0.3, -0.25) is 0 Å². The minimum absolute atomic E-state index is 0.177. The maximum atomic E-state index is 14.1. The van der Waals surface area contributed by atoms with Gasteiger partial charge in [-0.2, -0.15) is 8.78 Å². The number of benzene rings is 1. The molecule has 0 saturated heterocycles. The molecule has 132 valence electrons. The quantitative estimate of drug-likeness (QED) is 0.273. The zero-order valence-corrected chi connectivity index (χ0v) is 18.7. The summed E-state index contributed by atoms with van der Waals surface area (Å²) in [6, 6.07) is 3.40. The Labute approximate surface area is 178 Å².